The number of nitrogens with one attached hydrogen (secondary N) is 1. The SMILES string of the molecule is CCNC(C)c1sc(N(C)CC(C)C)nc1C. The molecule has 0 aliphatic carbocycles. The number of aromatic nitrogens is 1. The summed E-state index contributed by atoms with van der Waals surface area (Å²) in [5, 5.41) is 4.58. The molecule has 0 aliphatic heterocycles. The lowest BCUT2D eigenvalue weighted by Gasteiger charge is -2.17. The highest BCUT2D eigenvalue weighted by atomic mass is 32.1. The summed E-state index contributed by atoms with van der Waals surface area (Å²) < 4.78 is 0. The molecule has 0 bridgehead atoms. The summed E-state index contributed by atoms with van der Waals surface area (Å²) in [5.41, 5.74) is 1.16. The van der Waals surface area contributed by atoms with E-state index in [1.165, 1.54) is 4.88 Å². The number of rotatable bonds is 6. The van der Waals surface area contributed by atoms with E-state index in [2.05, 4.69) is 56.9 Å². The maximum absolute atomic E-state index is 4.67. The second-order valence-corrected chi connectivity index (χ2v) is 6.01. The molecular weight excluding hydrogens is 230 g/mol. The minimum atomic E-state index is 0.402. The van der Waals surface area contributed by atoms with Crippen LogP contribution in [-0.4, -0.2) is 25.1 Å². The quantitative estimate of drug-likeness (QED) is 0.846. The zero-order valence-corrected chi connectivity index (χ0v) is 12.7. The van der Waals surface area contributed by atoms with Crippen LogP contribution in [0.3, 0.4) is 0 Å². The van der Waals surface area contributed by atoms with Gasteiger partial charge in [0.1, 0.15) is 0 Å². The summed E-state index contributed by atoms with van der Waals surface area (Å²) in [4.78, 5) is 8.28. The minimum Gasteiger partial charge on any atom is -0.351 e. The lowest BCUT2D eigenvalue weighted by atomic mass is 10.2. The van der Waals surface area contributed by atoms with E-state index in [4.69, 9.17) is 0 Å². The van der Waals surface area contributed by atoms with E-state index >= 15 is 0 Å². The highest BCUT2D eigenvalue weighted by molar-refractivity contribution is 7.15. The molecular formula is C13H25N3S. The zero-order chi connectivity index (χ0) is 13.0. The summed E-state index contributed by atoms with van der Waals surface area (Å²) in [5.74, 6) is 0.666. The summed E-state index contributed by atoms with van der Waals surface area (Å²) in [6.45, 7) is 13.0. The Hall–Kier alpha value is -0.610. The van der Waals surface area contributed by atoms with Crippen molar-refractivity contribution in [3.05, 3.63) is 10.6 Å². The van der Waals surface area contributed by atoms with Gasteiger partial charge in [-0.1, -0.05) is 20.8 Å². The molecule has 1 heterocycles. The van der Waals surface area contributed by atoms with Crippen LogP contribution in [0.4, 0.5) is 5.13 Å². The first-order valence-corrected chi connectivity index (χ1v) is 7.19. The van der Waals surface area contributed by atoms with Gasteiger partial charge < -0.3 is 10.2 Å². The average molecular weight is 255 g/mol. The number of hydrogen-bond donors (Lipinski definition) is 1. The van der Waals surface area contributed by atoms with E-state index in [1.807, 2.05) is 11.3 Å². The molecule has 0 amide bonds. The van der Waals surface area contributed by atoms with Gasteiger partial charge in [0.15, 0.2) is 5.13 Å². The molecule has 1 N–H and O–H groups in total. The van der Waals surface area contributed by atoms with Crippen molar-refractivity contribution in [2.75, 3.05) is 25.0 Å². The van der Waals surface area contributed by atoms with Gasteiger partial charge in [0.2, 0.25) is 0 Å². The fourth-order valence-electron chi connectivity index (χ4n) is 1.98. The lowest BCUT2D eigenvalue weighted by Crippen LogP contribution is -2.22. The van der Waals surface area contributed by atoms with Crippen LogP contribution >= 0.6 is 11.3 Å². The topological polar surface area (TPSA) is 28.2 Å². The standard InChI is InChI=1S/C13H25N3S/c1-7-14-10(4)12-11(5)15-13(17-12)16(6)8-9(2)3/h9-10,14H,7-8H2,1-6H3. The zero-order valence-electron chi connectivity index (χ0n) is 11.9. The molecule has 0 radical (unpaired) electrons. The highest BCUT2D eigenvalue weighted by Crippen LogP contribution is 2.30. The number of aryl methyl sites for hydroxylation is 1. The van der Waals surface area contributed by atoms with Gasteiger partial charge in [-0.05, 0) is 26.3 Å². The molecule has 1 rings (SSSR count). The van der Waals surface area contributed by atoms with Gasteiger partial charge in [-0.25, -0.2) is 4.98 Å². The first kappa shape index (κ1) is 14.5. The fourth-order valence-corrected chi connectivity index (χ4v) is 3.05. The predicted molar refractivity (Wildman–Crippen MR) is 77.1 cm³/mol. The number of hydrogen-bond acceptors (Lipinski definition) is 4. The van der Waals surface area contributed by atoms with Crippen molar-refractivity contribution in [3.63, 3.8) is 0 Å². The summed E-state index contributed by atoms with van der Waals surface area (Å²) in [6.07, 6.45) is 0. The summed E-state index contributed by atoms with van der Waals surface area (Å²) in [7, 11) is 2.12. The Bertz CT molecular complexity index is 346. The van der Waals surface area contributed by atoms with Crippen LogP contribution in [0.2, 0.25) is 0 Å². The van der Waals surface area contributed by atoms with Gasteiger partial charge in [-0.3, -0.25) is 0 Å². The molecule has 0 aromatic carbocycles. The molecule has 4 heteroatoms. The van der Waals surface area contributed by atoms with E-state index in [0.29, 0.717) is 12.0 Å². The third-order valence-corrected chi connectivity index (χ3v) is 4.14. The van der Waals surface area contributed by atoms with Crippen molar-refractivity contribution in [1.29, 1.82) is 0 Å². The highest BCUT2D eigenvalue weighted by Gasteiger charge is 2.15. The van der Waals surface area contributed by atoms with E-state index in [0.717, 1.165) is 23.9 Å². The summed E-state index contributed by atoms with van der Waals surface area (Å²) >= 11 is 1.81. The van der Waals surface area contributed by atoms with Crippen molar-refractivity contribution in [2.45, 2.75) is 40.7 Å². The third-order valence-electron chi connectivity index (χ3n) is 2.69. The van der Waals surface area contributed by atoms with E-state index in [-0.39, 0.29) is 0 Å². The Kier molecular flexibility index (Phi) is 5.40. The van der Waals surface area contributed by atoms with Crippen molar-refractivity contribution < 1.29 is 0 Å². The number of thiazole rings is 1. The third kappa shape index (κ3) is 3.96. The van der Waals surface area contributed by atoms with Crippen LogP contribution < -0.4 is 10.2 Å². The molecule has 0 saturated heterocycles. The predicted octanol–water partition coefficient (Wildman–Crippen LogP) is 3.21. The Labute approximate surface area is 109 Å². The molecule has 17 heavy (non-hydrogen) atoms. The fraction of sp³-hybridized carbons (Fsp3) is 0.769. The molecule has 0 spiro atoms. The molecule has 98 valence electrons. The summed E-state index contributed by atoms with van der Waals surface area (Å²) in [6, 6.07) is 0.402. The van der Waals surface area contributed by atoms with E-state index in [1.54, 1.807) is 0 Å². The van der Waals surface area contributed by atoms with Gasteiger partial charge >= 0.3 is 0 Å². The molecule has 1 atom stereocenters. The van der Waals surface area contributed by atoms with Crippen LogP contribution in [-0.2, 0) is 0 Å². The van der Waals surface area contributed by atoms with Crippen LogP contribution in [0.15, 0.2) is 0 Å². The Morgan fingerprint density at radius 1 is 1.35 bits per heavy atom. The van der Waals surface area contributed by atoms with Crippen molar-refractivity contribution in [1.82, 2.24) is 10.3 Å². The molecule has 3 nitrogen and oxygen atoms in total. The molecule has 0 fully saturated rings. The lowest BCUT2D eigenvalue weighted by molar-refractivity contribution is 0.603. The largest absolute Gasteiger partial charge is 0.351 e. The van der Waals surface area contributed by atoms with Gasteiger partial charge in [0.05, 0.1) is 5.69 Å². The van der Waals surface area contributed by atoms with Crippen LogP contribution in [0.25, 0.3) is 0 Å². The first-order valence-electron chi connectivity index (χ1n) is 6.37. The smallest absolute Gasteiger partial charge is 0.185 e. The van der Waals surface area contributed by atoms with Crippen LogP contribution in [0, 0.1) is 12.8 Å². The maximum Gasteiger partial charge on any atom is 0.185 e. The minimum absolute atomic E-state index is 0.402. The van der Waals surface area contributed by atoms with Crippen molar-refractivity contribution in [2.24, 2.45) is 5.92 Å². The Balaban J connectivity index is 2.80. The monoisotopic (exact) mass is 255 g/mol. The number of anilines is 1. The number of nitrogens with zero attached hydrogens (tertiary/aromatic N) is 2. The van der Waals surface area contributed by atoms with Gasteiger partial charge in [-0.15, -0.1) is 11.3 Å². The van der Waals surface area contributed by atoms with E-state index in [9.17, 15) is 0 Å². The molecule has 1 aromatic heterocycles. The van der Waals surface area contributed by atoms with Crippen LogP contribution in [0.1, 0.15) is 44.3 Å². The first-order chi connectivity index (χ1) is 7.95. The molecule has 0 saturated carbocycles. The molecule has 1 unspecified atom stereocenters. The normalized spacial score (nSPS) is 13.1. The molecule has 0 aliphatic rings. The second-order valence-electron chi connectivity index (χ2n) is 5.00. The Morgan fingerprint density at radius 2 is 2.00 bits per heavy atom. The van der Waals surface area contributed by atoms with Crippen molar-refractivity contribution >= 4 is 16.5 Å². The Morgan fingerprint density at radius 3 is 2.53 bits per heavy atom. The average Bonchev–Trinajstić information content (AvgIpc) is 2.60. The maximum atomic E-state index is 4.67. The second kappa shape index (κ2) is 6.36. The van der Waals surface area contributed by atoms with Gasteiger partial charge in [0.25, 0.3) is 0 Å². The van der Waals surface area contributed by atoms with Gasteiger partial charge in [-0.2, -0.15) is 0 Å². The van der Waals surface area contributed by atoms with E-state index < -0.39 is 0 Å². The molecule has 1 aromatic rings. The van der Waals surface area contributed by atoms with Gasteiger partial charge in [0, 0.05) is 24.5 Å². The van der Waals surface area contributed by atoms with Crippen molar-refractivity contribution in [3.8, 4) is 0 Å². The van der Waals surface area contributed by atoms with Crippen LogP contribution in [0.5, 0.6) is 0 Å².